The Hall–Kier alpha value is -4.00. The van der Waals surface area contributed by atoms with Gasteiger partial charge in [0.05, 0.1) is 6.54 Å². The molecule has 4 rings (SSSR count). The monoisotopic (exact) mass is 433 g/mol. The van der Waals surface area contributed by atoms with Gasteiger partial charge in [0.2, 0.25) is 0 Å². The summed E-state index contributed by atoms with van der Waals surface area (Å²) in [6.07, 6.45) is 1.81. The van der Waals surface area contributed by atoms with Gasteiger partial charge in [-0.3, -0.25) is 9.48 Å². The van der Waals surface area contributed by atoms with Gasteiger partial charge in [-0.25, -0.2) is 8.78 Å². The zero-order valence-electron chi connectivity index (χ0n) is 17.4. The molecular weight excluding hydrogens is 412 g/mol. The van der Waals surface area contributed by atoms with E-state index in [1.165, 1.54) is 11.6 Å². The summed E-state index contributed by atoms with van der Waals surface area (Å²) in [5, 5.41) is 7.20. The lowest BCUT2D eigenvalue weighted by molar-refractivity contribution is 0.102. The second kappa shape index (κ2) is 9.43. The van der Waals surface area contributed by atoms with Gasteiger partial charge in [0.15, 0.2) is 17.4 Å². The minimum absolute atomic E-state index is 0.0364. The van der Waals surface area contributed by atoms with E-state index < -0.39 is 11.6 Å². The SMILES string of the molecule is Cc1ccccc1Cn1ccc(NC(=O)c2cccc(COc3ccc(F)cc3F)c2)n1. The third-order valence-corrected chi connectivity index (χ3v) is 4.95. The lowest BCUT2D eigenvalue weighted by Crippen LogP contribution is -2.13. The fourth-order valence-corrected chi connectivity index (χ4v) is 3.22. The molecule has 0 saturated carbocycles. The number of ether oxygens (including phenoxy) is 1. The van der Waals surface area contributed by atoms with Crippen LogP contribution in [0.25, 0.3) is 0 Å². The first-order chi connectivity index (χ1) is 15.5. The topological polar surface area (TPSA) is 56.2 Å². The zero-order valence-corrected chi connectivity index (χ0v) is 17.4. The summed E-state index contributed by atoms with van der Waals surface area (Å²) >= 11 is 0. The summed E-state index contributed by atoms with van der Waals surface area (Å²) in [7, 11) is 0. The molecular formula is C25H21F2N3O2. The molecule has 0 aliphatic rings. The van der Waals surface area contributed by atoms with E-state index >= 15 is 0 Å². The molecule has 0 saturated heterocycles. The molecule has 0 aliphatic heterocycles. The minimum atomic E-state index is -0.778. The summed E-state index contributed by atoms with van der Waals surface area (Å²) in [6, 6.07) is 19.7. The molecule has 32 heavy (non-hydrogen) atoms. The average molecular weight is 433 g/mol. The lowest BCUT2D eigenvalue weighted by Gasteiger charge is -2.09. The van der Waals surface area contributed by atoms with Crippen molar-refractivity contribution < 1.29 is 18.3 Å². The average Bonchev–Trinajstić information content (AvgIpc) is 3.21. The molecule has 5 nitrogen and oxygen atoms in total. The second-order valence-electron chi connectivity index (χ2n) is 7.34. The molecule has 0 atom stereocenters. The molecule has 1 heterocycles. The Bertz CT molecular complexity index is 1250. The molecule has 1 amide bonds. The van der Waals surface area contributed by atoms with Gasteiger partial charge in [-0.2, -0.15) is 5.10 Å². The van der Waals surface area contributed by atoms with Crippen LogP contribution in [0.1, 0.15) is 27.0 Å². The maximum absolute atomic E-state index is 13.7. The highest BCUT2D eigenvalue weighted by Crippen LogP contribution is 2.19. The van der Waals surface area contributed by atoms with E-state index in [1.54, 1.807) is 35.0 Å². The Labute approximate surface area is 184 Å². The molecule has 0 spiro atoms. The first-order valence-electron chi connectivity index (χ1n) is 10.0. The molecule has 7 heteroatoms. The van der Waals surface area contributed by atoms with E-state index in [9.17, 15) is 13.6 Å². The summed E-state index contributed by atoms with van der Waals surface area (Å²) in [5.74, 6) is -1.38. The largest absolute Gasteiger partial charge is 0.486 e. The normalized spacial score (nSPS) is 10.7. The standard InChI is InChI=1S/C25H21F2N3O2/c1-17-5-2-3-7-20(17)15-30-12-11-24(29-30)28-25(31)19-8-4-6-18(13-19)16-32-23-10-9-21(26)14-22(23)27/h2-14H,15-16H2,1H3,(H,28,29,31). The van der Waals surface area contributed by atoms with Crippen LogP contribution < -0.4 is 10.1 Å². The number of halogens is 2. The van der Waals surface area contributed by atoms with Crippen molar-refractivity contribution >= 4 is 11.7 Å². The molecule has 3 aromatic carbocycles. The van der Waals surface area contributed by atoms with Gasteiger partial charge < -0.3 is 10.1 Å². The van der Waals surface area contributed by atoms with Crippen LogP contribution in [0.4, 0.5) is 14.6 Å². The number of benzene rings is 3. The predicted molar refractivity (Wildman–Crippen MR) is 118 cm³/mol. The van der Waals surface area contributed by atoms with Gasteiger partial charge in [-0.05, 0) is 47.9 Å². The van der Waals surface area contributed by atoms with E-state index in [0.29, 0.717) is 23.5 Å². The van der Waals surface area contributed by atoms with Crippen molar-refractivity contribution in [2.45, 2.75) is 20.1 Å². The number of aromatic nitrogens is 2. The highest BCUT2D eigenvalue weighted by atomic mass is 19.1. The maximum atomic E-state index is 13.7. The fourth-order valence-electron chi connectivity index (χ4n) is 3.22. The van der Waals surface area contributed by atoms with Crippen molar-refractivity contribution in [3.63, 3.8) is 0 Å². The zero-order chi connectivity index (χ0) is 22.5. The fraction of sp³-hybridized carbons (Fsp3) is 0.120. The number of aryl methyl sites for hydroxylation is 1. The van der Waals surface area contributed by atoms with E-state index in [1.807, 2.05) is 37.4 Å². The van der Waals surface area contributed by atoms with E-state index in [2.05, 4.69) is 10.4 Å². The molecule has 0 aliphatic carbocycles. The van der Waals surface area contributed by atoms with Crippen molar-refractivity contribution in [2.75, 3.05) is 5.32 Å². The highest BCUT2D eigenvalue weighted by molar-refractivity contribution is 6.03. The first kappa shape index (κ1) is 21.2. The van der Waals surface area contributed by atoms with Gasteiger partial charge in [0, 0.05) is 23.9 Å². The van der Waals surface area contributed by atoms with Gasteiger partial charge in [0.1, 0.15) is 12.4 Å². The van der Waals surface area contributed by atoms with E-state index in [0.717, 1.165) is 17.7 Å². The van der Waals surface area contributed by atoms with Gasteiger partial charge in [-0.15, -0.1) is 0 Å². The highest BCUT2D eigenvalue weighted by Gasteiger charge is 2.11. The van der Waals surface area contributed by atoms with Crippen LogP contribution in [0.3, 0.4) is 0 Å². The number of nitrogens with zero attached hydrogens (tertiary/aromatic N) is 2. The number of nitrogens with one attached hydrogen (secondary N) is 1. The number of amides is 1. The number of carbonyl (C=O) groups excluding carboxylic acids is 1. The number of hydrogen-bond donors (Lipinski definition) is 1. The maximum Gasteiger partial charge on any atom is 0.256 e. The Morgan fingerprint density at radius 3 is 2.69 bits per heavy atom. The van der Waals surface area contributed by atoms with Crippen molar-refractivity contribution in [1.29, 1.82) is 0 Å². The Morgan fingerprint density at radius 2 is 1.88 bits per heavy atom. The van der Waals surface area contributed by atoms with Crippen LogP contribution in [0.2, 0.25) is 0 Å². The van der Waals surface area contributed by atoms with Gasteiger partial charge in [0.25, 0.3) is 5.91 Å². The molecule has 0 unspecified atom stereocenters. The summed E-state index contributed by atoms with van der Waals surface area (Å²) in [6.45, 7) is 2.69. The number of anilines is 1. The number of rotatable bonds is 7. The molecule has 0 radical (unpaired) electrons. The molecule has 0 fully saturated rings. The molecule has 0 bridgehead atoms. The van der Waals surface area contributed by atoms with Crippen LogP contribution in [-0.4, -0.2) is 15.7 Å². The van der Waals surface area contributed by atoms with Crippen molar-refractivity contribution in [3.05, 3.63) is 113 Å². The van der Waals surface area contributed by atoms with Crippen molar-refractivity contribution in [3.8, 4) is 5.75 Å². The van der Waals surface area contributed by atoms with E-state index in [4.69, 9.17) is 4.74 Å². The number of carbonyl (C=O) groups is 1. The lowest BCUT2D eigenvalue weighted by atomic mass is 10.1. The summed E-state index contributed by atoms with van der Waals surface area (Å²) in [5.41, 5.74) is 3.41. The predicted octanol–water partition coefficient (Wildman–Crippen LogP) is 5.35. The second-order valence-corrected chi connectivity index (χ2v) is 7.34. The quantitative estimate of drug-likeness (QED) is 0.428. The van der Waals surface area contributed by atoms with Crippen molar-refractivity contribution in [1.82, 2.24) is 9.78 Å². The minimum Gasteiger partial charge on any atom is -0.486 e. The van der Waals surface area contributed by atoms with Gasteiger partial charge >= 0.3 is 0 Å². The molecule has 162 valence electrons. The number of hydrogen-bond acceptors (Lipinski definition) is 3. The first-order valence-corrected chi connectivity index (χ1v) is 10.0. The van der Waals surface area contributed by atoms with Crippen LogP contribution in [0, 0.1) is 18.6 Å². The van der Waals surface area contributed by atoms with Gasteiger partial charge in [-0.1, -0.05) is 36.4 Å². The molecule has 1 N–H and O–H groups in total. The molecule has 4 aromatic rings. The Morgan fingerprint density at radius 1 is 1.03 bits per heavy atom. The smallest absolute Gasteiger partial charge is 0.256 e. The Kier molecular flexibility index (Phi) is 6.26. The third kappa shape index (κ3) is 5.18. The van der Waals surface area contributed by atoms with Crippen molar-refractivity contribution in [2.24, 2.45) is 0 Å². The summed E-state index contributed by atoms with van der Waals surface area (Å²) < 4.78 is 33.9. The van der Waals surface area contributed by atoms with Crippen LogP contribution >= 0.6 is 0 Å². The Balaban J connectivity index is 1.39. The van der Waals surface area contributed by atoms with E-state index in [-0.39, 0.29) is 18.3 Å². The van der Waals surface area contributed by atoms with Crippen LogP contribution in [-0.2, 0) is 13.2 Å². The molecule has 1 aromatic heterocycles. The summed E-state index contributed by atoms with van der Waals surface area (Å²) in [4.78, 5) is 12.7. The third-order valence-electron chi connectivity index (χ3n) is 4.95. The van der Waals surface area contributed by atoms with Crippen LogP contribution in [0.5, 0.6) is 5.75 Å². The van der Waals surface area contributed by atoms with Crippen LogP contribution in [0.15, 0.2) is 79.0 Å².